The van der Waals surface area contributed by atoms with Crippen LogP contribution < -0.4 is 4.74 Å². The van der Waals surface area contributed by atoms with Gasteiger partial charge in [-0.05, 0) is 280 Å². The van der Waals surface area contributed by atoms with Gasteiger partial charge < -0.3 is 9.84 Å². The maximum atomic E-state index is 12.8. The fourth-order valence-electron chi connectivity index (χ4n) is 12.4. The first-order valence-electron chi connectivity index (χ1n) is 37.3. The van der Waals surface area contributed by atoms with Crippen molar-refractivity contribution in [2.24, 2.45) is 0 Å². The monoisotopic (exact) mass is 1650 g/mol. The lowest BCUT2D eigenvalue weighted by Gasteiger charge is -2.12. The van der Waals surface area contributed by atoms with E-state index in [-0.39, 0.29) is 54.2 Å². The Bertz CT molecular complexity index is 5640. The molecule has 16 aromatic carbocycles. The summed E-state index contributed by atoms with van der Waals surface area (Å²) in [6.45, 7) is 8.40. The third-order valence-corrected chi connectivity index (χ3v) is 30.6. The summed E-state index contributed by atoms with van der Waals surface area (Å²) in [5, 5.41) is 20.8. The molecule has 574 valence electrons. The molecule has 0 heterocycles. The topological polar surface area (TPSA) is 72.6 Å². The van der Waals surface area contributed by atoms with Gasteiger partial charge in [0.05, 0.1) is 59.0 Å². The SMILES string of the molecule is Cc1cc([S+](c2ccccc2)c2ccccc2)ccc1Oc1ccccc1.Cc1cc([S+](c2ccccc2)c2ccccc2)ccc1Sc1ccc(C(F)(F)F)cc1.Cc1cc([S+](c2ccccc2)c2ccccc2)ccc1Sc1ccc(O)cc1.Cc1cc([S+](c2ccccc2)c2ccccc2)ccc1Sc1ccccc1[N+](=O)[O-]. The quantitative estimate of drug-likeness (QED) is 0.0437. The fraction of sp³-hybridized carbons (Fsp3) is 0.0495. The molecule has 0 aromatic heterocycles. The molecule has 0 atom stereocenters. The summed E-state index contributed by atoms with van der Waals surface area (Å²) in [4.78, 5) is 32.3. The number of hydrogen-bond donors (Lipinski definition) is 1. The van der Waals surface area contributed by atoms with E-state index in [1.807, 2.05) is 79.7 Å². The highest BCUT2D eigenvalue weighted by Gasteiger charge is 2.34. The number of nitro groups is 1. The van der Waals surface area contributed by atoms with E-state index in [0.29, 0.717) is 10.6 Å². The van der Waals surface area contributed by atoms with Crippen molar-refractivity contribution in [1.82, 2.24) is 0 Å². The first-order valence-corrected chi connectivity index (χ1v) is 44.7. The normalized spacial score (nSPS) is 11.1. The van der Waals surface area contributed by atoms with Gasteiger partial charge in [0.25, 0.3) is 5.69 Å². The van der Waals surface area contributed by atoms with Crippen LogP contribution in [0, 0.1) is 37.8 Å². The summed E-state index contributed by atoms with van der Waals surface area (Å²) in [5.74, 6) is 2.05. The molecule has 0 bridgehead atoms. The van der Waals surface area contributed by atoms with Crippen molar-refractivity contribution < 1.29 is 27.9 Å². The second-order valence-electron chi connectivity index (χ2n) is 26.4. The molecule has 1 N–H and O–H groups in total. The van der Waals surface area contributed by atoms with Crippen molar-refractivity contribution in [1.29, 1.82) is 0 Å². The minimum absolute atomic E-state index is 0.125. The molecule has 0 spiro atoms. The van der Waals surface area contributed by atoms with Crippen molar-refractivity contribution in [2.75, 3.05) is 0 Å². The lowest BCUT2D eigenvalue weighted by Crippen LogP contribution is -2.05. The number of phenols is 1. The highest BCUT2D eigenvalue weighted by Crippen LogP contribution is 2.43. The Morgan fingerprint density at radius 2 is 0.560 bits per heavy atom. The molecular weight excluding hydrogens is 1570 g/mol. The minimum Gasteiger partial charge on any atom is -0.508 e. The summed E-state index contributed by atoms with van der Waals surface area (Å²) in [7, 11) is -0.696. The Balaban J connectivity index is 0.000000135. The summed E-state index contributed by atoms with van der Waals surface area (Å²) >= 11 is 4.65. The van der Waals surface area contributed by atoms with Gasteiger partial charge in [-0.3, -0.25) is 10.1 Å². The maximum absolute atomic E-state index is 12.8. The van der Waals surface area contributed by atoms with Crippen molar-refractivity contribution >= 4 is 84.6 Å². The van der Waals surface area contributed by atoms with Crippen molar-refractivity contribution in [3.05, 3.63) is 457 Å². The summed E-state index contributed by atoms with van der Waals surface area (Å²) < 4.78 is 44.5. The van der Waals surface area contributed by atoms with E-state index in [1.54, 1.807) is 42.1 Å². The molecule has 0 aliphatic rings. The Labute approximate surface area is 702 Å². The number of aryl methyl sites for hydroxylation is 4. The van der Waals surface area contributed by atoms with Crippen LogP contribution in [-0.4, -0.2) is 10.0 Å². The molecule has 0 fully saturated rings. The van der Waals surface area contributed by atoms with Gasteiger partial charge in [-0.15, -0.1) is 0 Å². The third-order valence-electron chi connectivity index (χ3n) is 18.1. The van der Waals surface area contributed by atoms with Gasteiger partial charge in [0.2, 0.25) is 0 Å². The Kier molecular flexibility index (Phi) is 29.1. The van der Waals surface area contributed by atoms with Crippen LogP contribution in [0.4, 0.5) is 18.9 Å². The number of rotatable bonds is 21. The standard InChI is InChI=1S/C26H20F3S2.C25H20NO2S2.C25H20OS2.C25H21OS/c1-19-18-24(31(22-8-4-2-5-9-22)23-10-6-3-7-11-23)16-17-25(19)30-21-14-12-20(13-15-21)26(27,28)29;1-19-18-22(16-17-24(19)29-25-15-9-8-14-23(25)26(27)28)30(20-10-4-2-5-11-20)21-12-6-3-7-13-21;1-19-18-24(16-17-25(19)27-21-14-12-20(26)13-15-21)28(22-8-4-2-5-9-22)23-10-6-3-7-11-23;1-20-19-24(17-18-25(20)26-21-11-5-2-6-12-21)27(22-13-7-3-8-14-22)23-15-9-4-10-16-23/h2-18H,1H3;2-18H,1H3;2-18H,1H3;2-19H,1H3/q2*+1;;+1/p+1. The van der Waals surface area contributed by atoms with Crippen LogP contribution in [0.25, 0.3) is 0 Å². The van der Waals surface area contributed by atoms with Gasteiger partial charge in [-0.25, -0.2) is 0 Å². The number of nitro benzene ring substituents is 1. The Morgan fingerprint density at radius 1 is 0.293 bits per heavy atom. The molecule has 0 radical (unpaired) electrons. The van der Waals surface area contributed by atoms with Crippen LogP contribution >= 0.6 is 35.3 Å². The van der Waals surface area contributed by atoms with E-state index >= 15 is 0 Å². The second-order valence-corrected chi connectivity index (χ2v) is 37.8. The van der Waals surface area contributed by atoms with Crippen LogP contribution in [0.3, 0.4) is 0 Å². The van der Waals surface area contributed by atoms with Crippen molar-refractivity contribution in [2.45, 2.75) is 122 Å². The lowest BCUT2D eigenvalue weighted by atomic mass is 10.2. The van der Waals surface area contributed by atoms with Gasteiger partial charge in [-0.1, -0.05) is 211 Å². The smallest absolute Gasteiger partial charge is 0.416 e. The molecule has 0 amide bonds. The molecule has 0 aliphatic heterocycles. The molecule has 0 saturated carbocycles. The predicted molar refractivity (Wildman–Crippen MR) is 476 cm³/mol. The van der Waals surface area contributed by atoms with Gasteiger partial charge in [0, 0.05) is 36.6 Å². The van der Waals surface area contributed by atoms with Crippen LogP contribution in [-0.2, 0) is 49.8 Å². The van der Waals surface area contributed by atoms with Crippen LogP contribution in [0.15, 0.2) is 507 Å². The highest BCUT2D eigenvalue weighted by molar-refractivity contribution is 8.00. The molecule has 0 saturated heterocycles. The van der Waals surface area contributed by atoms with E-state index in [4.69, 9.17) is 4.74 Å². The number of para-hydroxylation sites is 2. The average molecular weight is 1660 g/mol. The van der Waals surface area contributed by atoms with Gasteiger partial charge in [0.15, 0.2) is 58.7 Å². The number of halogens is 3. The first kappa shape index (κ1) is 82.7. The van der Waals surface area contributed by atoms with Crippen LogP contribution in [0.5, 0.6) is 17.2 Å². The third kappa shape index (κ3) is 22.4. The molecule has 0 aliphatic carbocycles. The van der Waals surface area contributed by atoms with Crippen molar-refractivity contribution in [3.8, 4) is 17.2 Å². The number of ether oxygens (including phenoxy) is 1. The predicted octanol–water partition coefficient (Wildman–Crippen LogP) is 29.2. The summed E-state index contributed by atoms with van der Waals surface area (Å²) in [5.41, 5.74) is 4.13. The maximum Gasteiger partial charge on any atom is 0.416 e. The number of phenolic OH excluding ortho intramolecular Hbond substituents is 1. The Morgan fingerprint density at radius 3 is 0.853 bits per heavy atom. The average Bonchev–Trinajstić information content (AvgIpc) is 0.813. The van der Waals surface area contributed by atoms with Gasteiger partial charge in [0.1, 0.15) is 17.2 Å². The minimum atomic E-state index is -4.31. The van der Waals surface area contributed by atoms with Gasteiger partial charge >= 0.3 is 6.18 Å². The molecular formula is C101H82F3NO4S7+4. The summed E-state index contributed by atoms with van der Waals surface area (Å²) in [6.07, 6.45) is -4.31. The first-order chi connectivity index (χ1) is 56.6. The summed E-state index contributed by atoms with van der Waals surface area (Å²) in [6, 6.07) is 140. The molecule has 16 aromatic rings. The molecule has 15 heteroatoms. The number of aromatic hydroxyl groups is 1. The zero-order valence-corrected chi connectivity index (χ0v) is 69.7. The largest absolute Gasteiger partial charge is 0.508 e. The molecule has 0 unspecified atom stereocenters. The zero-order chi connectivity index (χ0) is 80.6. The fourth-order valence-corrected chi connectivity index (χ4v) is 23.9. The van der Waals surface area contributed by atoms with Crippen molar-refractivity contribution in [3.63, 3.8) is 0 Å². The number of nitrogens with zero attached hydrogens (tertiary/aromatic N) is 1. The van der Waals surface area contributed by atoms with Gasteiger partial charge in [-0.2, -0.15) is 13.2 Å². The van der Waals surface area contributed by atoms with E-state index in [2.05, 4.69) is 312 Å². The molecule has 16 rings (SSSR count). The van der Waals surface area contributed by atoms with E-state index in [9.17, 15) is 28.4 Å². The number of hydrogen-bond acceptors (Lipinski definition) is 7. The van der Waals surface area contributed by atoms with E-state index < -0.39 is 11.7 Å². The molecule has 116 heavy (non-hydrogen) atoms. The number of benzene rings is 16. The lowest BCUT2D eigenvalue weighted by molar-refractivity contribution is -0.387. The highest BCUT2D eigenvalue weighted by atomic mass is 32.2. The van der Waals surface area contributed by atoms with Crippen LogP contribution in [0.1, 0.15) is 27.8 Å². The molecule has 5 nitrogen and oxygen atoms in total. The Hall–Kier alpha value is -11.2. The van der Waals surface area contributed by atoms with Crippen LogP contribution in [0.2, 0.25) is 0 Å². The number of alkyl halides is 3. The van der Waals surface area contributed by atoms with E-state index in [1.165, 1.54) is 105 Å². The zero-order valence-electron chi connectivity index (χ0n) is 63.9. The van der Waals surface area contributed by atoms with E-state index in [0.717, 1.165) is 59.9 Å². The second kappa shape index (κ2) is 40.9.